The molecule has 0 aliphatic carbocycles. The van der Waals surface area contributed by atoms with E-state index < -0.39 is 17.5 Å². The van der Waals surface area contributed by atoms with E-state index in [0.717, 1.165) is 0 Å². The van der Waals surface area contributed by atoms with E-state index in [1.807, 2.05) is 0 Å². The summed E-state index contributed by atoms with van der Waals surface area (Å²) in [6.45, 7) is 1.50. The van der Waals surface area contributed by atoms with Crippen LogP contribution in [0.4, 0.5) is 20.2 Å². The molecule has 2 aromatic carbocycles. The van der Waals surface area contributed by atoms with Crippen LogP contribution < -0.4 is 11.1 Å². The highest BCUT2D eigenvalue weighted by molar-refractivity contribution is 9.10. The predicted octanol–water partition coefficient (Wildman–Crippen LogP) is 3.87. The van der Waals surface area contributed by atoms with Gasteiger partial charge in [-0.3, -0.25) is 4.79 Å². The summed E-state index contributed by atoms with van der Waals surface area (Å²) in [5.41, 5.74) is 5.86. The third-order valence-electron chi connectivity index (χ3n) is 2.70. The largest absolute Gasteiger partial charge is 0.399 e. The van der Waals surface area contributed by atoms with Gasteiger partial charge < -0.3 is 11.1 Å². The molecule has 3 N–H and O–H groups in total. The molecule has 0 saturated heterocycles. The van der Waals surface area contributed by atoms with Gasteiger partial charge in [-0.15, -0.1) is 0 Å². The van der Waals surface area contributed by atoms with Crippen LogP contribution in [0.25, 0.3) is 0 Å². The van der Waals surface area contributed by atoms with Gasteiger partial charge in [-0.25, -0.2) is 8.78 Å². The van der Waals surface area contributed by atoms with E-state index in [1.54, 1.807) is 6.07 Å². The first-order valence-electron chi connectivity index (χ1n) is 5.70. The monoisotopic (exact) mass is 340 g/mol. The molecule has 0 spiro atoms. The summed E-state index contributed by atoms with van der Waals surface area (Å²) in [6.07, 6.45) is 0. The van der Waals surface area contributed by atoms with Crippen molar-refractivity contribution in [1.29, 1.82) is 0 Å². The minimum absolute atomic E-state index is 0.0299. The summed E-state index contributed by atoms with van der Waals surface area (Å²) in [7, 11) is 0. The van der Waals surface area contributed by atoms with Crippen molar-refractivity contribution in [2.24, 2.45) is 0 Å². The first-order valence-corrected chi connectivity index (χ1v) is 6.50. The molecule has 0 bridgehead atoms. The number of amides is 1. The van der Waals surface area contributed by atoms with Crippen molar-refractivity contribution in [2.45, 2.75) is 6.92 Å². The maximum absolute atomic E-state index is 13.9. The number of hydrogen-bond donors (Lipinski definition) is 2. The van der Waals surface area contributed by atoms with Gasteiger partial charge in [0.2, 0.25) is 0 Å². The molecule has 3 nitrogen and oxygen atoms in total. The summed E-state index contributed by atoms with van der Waals surface area (Å²) >= 11 is 3.11. The second-order valence-electron chi connectivity index (χ2n) is 4.28. The molecule has 0 heterocycles. The van der Waals surface area contributed by atoms with Gasteiger partial charge in [0.15, 0.2) is 0 Å². The van der Waals surface area contributed by atoms with Crippen LogP contribution in [0.5, 0.6) is 0 Å². The summed E-state index contributed by atoms with van der Waals surface area (Å²) in [5.74, 6) is -2.04. The van der Waals surface area contributed by atoms with Gasteiger partial charge in [-0.1, -0.05) is 15.9 Å². The van der Waals surface area contributed by atoms with Crippen LogP contribution in [0.3, 0.4) is 0 Å². The lowest BCUT2D eigenvalue weighted by molar-refractivity contribution is 0.102. The van der Waals surface area contributed by atoms with Crippen molar-refractivity contribution >= 4 is 33.2 Å². The Balaban J connectivity index is 2.33. The minimum Gasteiger partial charge on any atom is -0.399 e. The molecule has 6 heteroatoms. The van der Waals surface area contributed by atoms with Crippen LogP contribution >= 0.6 is 15.9 Å². The molecular formula is C14H11BrF2N2O. The number of carbonyl (C=O) groups excluding carboxylic acids is 1. The van der Waals surface area contributed by atoms with Gasteiger partial charge in [0, 0.05) is 10.2 Å². The summed E-state index contributed by atoms with van der Waals surface area (Å²) in [6, 6.07) is 6.80. The third-order valence-corrected chi connectivity index (χ3v) is 3.19. The number of anilines is 2. The lowest BCUT2D eigenvalue weighted by atomic mass is 10.1. The molecule has 0 atom stereocenters. The van der Waals surface area contributed by atoms with Gasteiger partial charge in [0.25, 0.3) is 5.91 Å². The van der Waals surface area contributed by atoms with Gasteiger partial charge in [-0.2, -0.15) is 0 Å². The molecule has 0 saturated carbocycles. The van der Waals surface area contributed by atoms with Crippen molar-refractivity contribution in [2.75, 3.05) is 11.1 Å². The molecule has 0 unspecified atom stereocenters. The zero-order chi connectivity index (χ0) is 14.9. The van der Waals surface area contributed by atoms with Crippen LogP contribution in [0, 0.1) is 18.6 Å². The van der Waals surface area contributed by atoms with E-state index >= 15 is 0 Å². The van der Waals surface area contributed by atoms with E-state index in [-0.39, 0.29) is 22.5 Å². The highest BCUT2D eigenvalue weighted by atomic mass is 79.9. The number of aryl methyl sites for hydroxylation is 1. The number of nitrogen functional groups attached to an aromatic ring is 1. The van der Waals surface area contributed by atoms with Crippen molar-refractivity contribution in [3.8, 4) is 0 Å². The predicted molar refractivity (Wildman–Crippen MR) is 77.6 cm³/mol. The summed E-state index contributed by atoms with van der Waals surface area (Å²) in [4.78, 5) is 12.0. The fourth-order valence-electron chi connectivity index (χ4n) is 1.74. The Hall–Kier alpha value is -1.95. The van der Waals surface area contributed by atoms with Crippen molar-refractivity contribution in [1.82, 2.24) is 0 Å². The van der Waals surface area contributed by atoms with Crippen LogP contribution in [-0.4, -0.2) is 5.91 Å². The molecule has 0 aliphatic heterocycles. The topological polar surface area (TPSA) is 55.1 Å². The smallest absolute Gasteiger partial charge is 0.258 e. The fourth-order valence-corrected chi connectivity index (χ4v) is 2.08. The lowest BCUT2D eigenvalue weighted by Crippen LogP contribution is -2.15. The quantitative estimate of drug-likeness (QED) is 0.815. The number of hydrogen-bond acceptors (Lipinski definition) is 2. The minimum atomic E-state index is -0.751. The molecule has 1 amide bonds. The summed E-state index contributed by atoms with van der Waals surface area (Å²) < 4.78 is 28.0. The van der Waals surface area contributed by atoms with Crippen LogP contribution in [0.2, 0.25) is 0 Å². The van der Waals surface area contributed by atoms with Crippen LogP contribution in [0.15, 0.2) is 34.8 Å². The molecule has 104 valence electrons. The Morgan fingerprint density at radius 2 is 1.95 bits per heavy atom. The second-order valence-corrected chi connectivity index (χ2v) is 5.19. The van der Waals surface area contributed by atoms with E-state index in [9.17, 15) is 13.6 Å². The zero-order valence-corrected chi connectivity index (χ0v) is 12.1. The highest BCUT2D eigenvalue weighted by Gasteiger charge is 2.16. The second kappa shape index (κ2) is 5.58. The molecular weight excluding hydrogens is 330 g/mol. The molecule has 0 aliphatic rings. The number of carbonyl (C=O) groups is 1. The number of rotatable bonds is 2. The molecule has 2 rings (SSSR count). The Labute approximate surface area is 122 Å². The Bertz CT molecular complexity index is 689. The van der Waals surface area contributed by atoms with Gasteiger partial charge >= 0.3 is 0 Å². The van der Waals surface area contributed by atoms with Gasteiger partial charge in [0.1, 0.15) is 11.6 Å². The van der Waals surface area contributed by atoms with Crippen molar-refractivity contribution < 1.29 is 13.6 Å². The van der Waals surface area contributed by atoms with Crippen molar-refractivity contribution in [3.05, 3.63) is 57.6 Å². The highest BCUT2D eigenvalue weighted by Crippen LogP contribution is 2.22. The molecule has 20 heavy (non-hydrogen) atoms. The Morgan fingerprint density at radius 3 is 2.60 bits per heavy atom. The SMILES string of the molecule is Cc1cc(N)cc(C(=O)Nc2ccc(Br)cc2F)c1F. The van der Waals surface area contributed by atoms with E-state index in [0.29, 0.717) is 4.47 Å². The number of halogens is 3. The van der Waals surface area contributed by atoms with E-state index in [4.69, 9.17) is 5.73 Å². The van der Waals surface area contributed by atoms with Crippen LogP contribution in [0.1, 0.15) is 15.9 Å². The average molecular weight is 341 g/mol. The maximum Gasteiger partial charge on any atom is 0.258 e. The molecule has 0 aromatic heterocycles. The number of nitrogens with one attached hydrogen (secondary N) is 1. The van der Waals surface area contributed by atoms with E-state index in [2.05, 4.69) is 21.2 Å². The summed E-state index contributed by atoms with van der Waals surface area (Å²) in [5, 5.41) is 2.32. The van der Waals surface area contributed by atoms with Gasteiger partial charge in [-0.05, 0) is 42.8 Å². The number of nitrogens with two attached hydrogens (primary N) is 1. The fraction of sp³-hybridized carbons (Fsp3) is 0.0714. The van der Waals surface area contributed by atoms with E-state index in [1.165, 1.54) is 31.2 Å². The van der Waals surface area contributed by atoms with Crippen LogP contribution in [-0.2, 0) is 0 Å². The standard InChI is InChI=1S/C14H11BrF2N2O/c1-7-4-9(18)6-10(13(7)17)14(20)19-12-3-2-8(15)5-11(12)16/h2-6H,18H2,1H3,(H,19,20). The number of benzene rings is 2. The molecule has 0 radical (unpaired) electrons. The first kappa shape index (κ1) is 14.5. The first-order chi connectivity index (χ1) is 9.38. The third kappa shape index (κ3) is 2.96. The molecule has 0 fully saturated rings. The Kier molecular flexibility index (Phi) is 4.04. The average Bonchev–Trinajstić information content (AvgIpc) is 2.37. The molecule has 2 aromatic rings. The Morgan fingerprint density at radius 1 is 1.25 bits per heavy atom. The normalized spacial score (nSPS) is 10.4. The lowest BCUT2D eigenvalue weighted by Gasteiger charge is -2.09. The van der Waals surface area contributed by atoms with Crippen molar-refractivity contribution in [3.63, 3.8) is 0 Å². The maximum atomic E-state index is 13.9. The van der Waals surface area contributed by atoms with Gasteiger partial charge in [0.05, 0.1) is 11.3 Å². The zero-order valence-electron chi connectivity index (χ0n) is 10.5.